The zero-order valence-corrected chi connectivity index (χ0v) is 9.41. The third-order valence-electron chi connectivity index (χ3n) is 2.08. The van der Waals surface area contributed by atoms with Crippen molar-refractivity contribution in [1.82, 2.24) is 0 Å². The summed E-state index contributed by atoms with van der Waals surface area (Å²) < 4.78 is 34.8. The van der Waals surface area contributed by atoms with Gasteiger partial charge in [0, 0.05) is 10.7 Å². The number of aryl methyl sites for hydroxylation is 1. The van der Waals surface area contributed by atoms with Crippen molar-refractivity contribution in [2.45, 2.75) is 19.6 Å². The van der Waals surface area contributed by atoms with Gasteiger partial charge in [0.25, 0.3) is 0 Å². The molecule has 0 N–H and O–H groups in total. The van der Waals surface area contributed by atoms with Gasteiger partial charge in [-0.2, -0.15) is 0 Å². The Morgan fingerprint density at radius 2 is 1.93 bits per heavy atom. The molecule has 0 atom stereocenters. The molecule has 0 amide bonds. The van der Waals surface area contributed by atoms with E-state index in [1.54, 1.807) is 19.9 Å². The van der Waals surface area contributed by atoms with Gasteiger partial charge in [-0.1, -0.05) is 6.07 Å². The van der Waals surface area contributed by atoms with Gasteiger partial charge in [-0.3, -0.25) is 0 Å². The van der Waals surface area contributed by atoms with Gasteiger partial charge in [-0.25, -0.2) is 12.8 Å². The Morgan fingerprint density at radius 3 is 2.43 bits per heavy atom. The highest BCUT2D eigenvalue weighted by molar-refractivity contribution is 8.13. The summed E-state index contributed by atoms with van der Waals surface area (Å²) in [5.74, 6) is -0.741. The van der Waals surface area contributed by atoms with Crippen molar-refractivity contribution in [1.29, 1.82) is 0 Å². The molecule has 0 unspecified atom stereocenters. The standard InChI is InChI=1S/C9H10ClFO2S/c1-6-3-4-9(11)7(2)8(6)5-14(10,12)13/h3-4H,5H2,1-2H3. The minimum Gasteiger partial charge on any atom is -0.212 e. The van der Waals surface area contributed by atoms with Crippen molar-refractivity contribution in [2.24, 2.45) is 0 Å². The van der Waals surface area contributed by atoms with Crippen LogP contribution in [-0.4, -0.2) is 8.42 Å². The Labute approximate surface area is 87.1 Å². The Balaban J connectivity index is 3.27. The fraction of sp³-hybridized carbons (Fsp3) is 0.333. The van der Waals surface area contributed by atoms with Crippen LogP contribution in [-0.2, 0) is 14.8 Å². The molecule has 1 rings (SSSR count). The second-order valence-corrected chi connectivity index (χ2v) is 5.93. The maximum atomic E-state index is 13.1. The third kappa shape index (κ3) is 2.69. The van der Waals surface area contributed by atoms with Crippen molar-refractivity contribution in [3.63, 3.8) is 0 Å². The topological polar surface area (TPSA) is 34.1 Å². The summed E-state index contributed by atoms with van der Waals surface area (Å²) in [5, 5.41) is 0. The zero-order valence-electron chi connectivity index (χ0n) is 7.84. The third-order valence-corrected chi connectivity index (χ3v) is 3.04. The van der Waals surface area contributed by atoms with Crippen LogP contribution < -0.4 is 0 Å². The van der Waals surface area contributed by atoms with E-state index in [9.17, 15) is 12.8 Å². The molecule has 0 fully saturated rings. The number of benzene rings is 1. The highest BCUT2D eigenvalue weighted by Gasteiger charge is 2.14. The first-order chi connectivity index (χ1) is 6.31. The van der Waals surface area contributed by atoms with Crippen molar-refractivity contribution < 1.29 is 12.8 Å². The normalized spacial score (nSPS) is 11.7. The van der Waals surface area contributed by atoms with Crippen molar-refractivity contribution in [3.05, 3.63) is 34.6 Å². The lowest BCUT2D eigenvalue weighted by atomic mass is 10.0. The first-order valence-electron chi connectivity index (χ1n) is 3.98. The summed E-state index contributed by atoms with van der Waals surface area (Å²) >= 11 is 0. The zero-order chi connectivity index (χ0) is 10.9. The molecule has 0 aliphatic carbocycles. The molecule has 0 aliphatic rings. The van der Waals surface area contributed by atoms with E-state index in [1.807, 2.05) is 0 Å². The quantitative estimate of drug-likeness (QED) is 0.740. The number of hydrogen-bond donors (Lipinski definition) is 0. The molecule has 14 heavy (non-hydrogen) atoms. The average Bonchev–Trinajstić information content (AvgIpc) is 2.04. The van der Waals surface area contributed by atoms with Gasteiger partial charge < -0.3 is 0 Å². The smallest absolute Gasteiger partial charge is 0.212 e. The van der Waals surface area contributed by atoms with Crippen LogP contribution in [0.5, 0.6) is 0 Å². The summed E-state index contributed by atoms with van der Waals surface area (Å²) in [6, 6.07) is 2.86. The lowest BCUT2D eigenvalue weighted by Gasteiger charge is -2.08. The Hall–Kier alpha value is -0.610. The van der Waals surface area contributed by atoms with Crippen LogP contribution in [0.15, 0.2) is 12.1 Å². The van der Waals surface area contributed by atoms with Crippen LogP contribution in [0.2, 0.25) is 0 Å². The highest BCUT2D eigenvalue weighted by atomic mass is 35.7. The van der Waals surface area contributed by atoms with E-state index in [4.69, 9.17) is 10.7 Å². The lowest BCUT2D eigenvalue weighted by Crippen LogP contribution is -2.02. The molecule has 78 valence electrons. The van der Waals surface area contributed by atoms with E-state index in [0.717, 1.165) is 5.56 Å². The molecule has 0 heterocycles. The number of halogens is 2. The Morgan fingerprint density at radius 1 is 1.36 bits per heavy atom. The molecule has 2 nitrogen and oxygen atoms in total. The number of hydrogen-bond acceptors (Lipinski definition) is 2. The second kappa shape index (κ2) is 3.87. The Kier molecular flexibility index (Phi) is 3.17. The lowest BCUT2D eigenvalue weighted by molar-refractivity contribution is 0.605. The van der Waals surface area contributed by atoms with Gasteiger partial charge in [-0.05, 0) is 36.6 Å². The van der Waals surface area contributed by atoms with Gasteiger partial charge in [-0.15, -0.1) is 0 Å². The molecular formula is C9H10ClFO2S. The van der Waals surface area contributed by atoms with Crippen molar-refractivity contribution >= 4 is 19.7 Å². The molecule has 0 saturated carbocycles. The predicted molar refractivity (Wildman–Crippen MR) is 54.4 cm³/mol. The number of rotatable bonds is 2. The molecular weight excluding hydrogens is 227 g/mol. The SMILES string of the molecule is Cc1ccc(F)c(C)c1CS(=O)(=O)Cl. The molecule has 0 aliphatic heterocycles. The largest absolute Gasteiger partial charge is 0.236 e. The summed E-state index contributed by atoms with van der Waals surface area (Å²) in [6.07, 6.45) is 0. The van der Waals surface area contributed by atoms with Crippen LogP contribution >= 0.6 is 10.7 Å². The molecule has 0 spiro atoms. The van der Waals surface area contributed by atoms with Crippen LogP contribution in [0, 0.1) is 19.7 Å². The molecule has 1 aromatic carbocycles. The van der Waals surface area contributed by atoms with Crippen molar-refractivity contribution in [3.8, 4) is 0 Å². The van der Waals surface area contributed by atoms with Crippen LogP contribution in [0.3, 0.4) is 0 Å². The summed E-state index contributed by atoms with van der Waals surface area (Å²) in [4.78, 5) is 0. The maximum Gasteiger partial charge on any atom is 0.236 e. The molecule has 5 heteroatoms. The maximum absolute atomic E-state index is 13.1. The van der Waals surface area contributed by atoms with Gasteiger partial charge in [0.2, 0.25) is 9.05 Å². The molecule has 1 aromatic rings. The summed E-state index contributed by atoms with van der Waals surface area (Å²) in [7, 11) is 1.48. The van der Waals surface area contributed by atoms with E-state index < -0.39 is 14.9 Å². The van der Waals surface area contributed by atoms with Gasteiger partial charge >= 0.3 is 0 Å². The summed E-state index contributed by atoms with van der Waals surface area (Å²) in [5.41, 5.74) is 1.52. The minimum atomic E-state index is -3.63. The van der Waals surface area contributed by atoms with Gasteiger partial charge in [0.05, 0.1) is 5.75 Å². The highest BCUT2D eigenvalue weighted by Crippen LogP contribution is 2.20. The van der Waals surface area contributed by atoms with Gasteiger partial charge in [0.15, 0.2) is 0 Å². The first kappa shape index (κ1) is 11.5. The van der Waals surface area contributed by atoms with E-state index in [2.05, 4.69) is 0 Å². The van der Waals surface area contributed by atoms with Crippen LogP contribution in [0.25, 0.3) is 0 Å². The molecule has 0 aromatic heterocycles. The average molecular weight is 237 g/mol. The van der Waals surface area contributed by atoms with Crippen LogP contribution in [0.4, 0.5) is 4.39 Å². The van der Waals surface area contributed by atoms with Crippen molar-refractivity contribution in [2.75, 3.05) is 0 Å². The minimum absolute atomic E-state index is 0.329. The fourth-order valence-corrected chi connectivity index (χ4v) is 2.37. The predicted octanol–water partition coefficient (Wildman–Crippen LogP) is 2.51. The Bertz CT molecular complexity index is 454. The van der Waals surface area contributed by atoms with Crippen LogP contribution in [0.1, 0.15) is 16.7 Å². The van der Waals surface area contributed by atoms with E-state index in [1.165, 1.54) is 6.07 Å². The molecule has 0 saturated heterocycles. The monoisotopic (exact) mass is 236 g/mol. The summed E-state index contributed by atoms with van der Waals surface area (Å²) in [6.45, 7) is 3.27. The fourth-order valence-electron chi connectivity index (χ4n) is 1.26. The van der Waals surface area contributed by atoms with Gasteiger partial charge in [0.1, 0.15) is 5.82 Å². The first-order valence-corrected chi connectivity index (χ1v) is 6.46. The van der Waals surface area contributed by atoms with E-state index in [0.29, 0.717) is 11.1 Å². The van der Waals surface area contributed by atoms with E-state index in [-0.39, 0.29) is 5.75 Å². The molecule has 0 radical (unpaired) electrons. The molecule has 0 bridgehead atoms. The van der Waals surface area contributed by atoms with E-state index >= 15 is 0 Å². The second-order valence-electron chi connectivity index (χ2n) is 3.15.